The van der Waals surface area contributed by atoms with Crippen molar-refractivity contribution in [2.24, 2.45) is 0 Å². The second kappa shape index (κ2) is 7.32. The third-order valence-electron chi connectivity index (χ3n) is 4.16. The lowest BCUT2D eigenvalue weighted by atomic mass is 10.1. The fourth-order valence-corrected chi connectivity index (χ4v) is 3.62. The molecule has 3 N–H and O–H groups in total. The van der Waals surface area contributed by atoms with Gasteiger partial charge >= 0.3 is 0 Å². The van der Waals surface area contributed by atoms with E-state index in [1.807, 2.05) is 54.0 Å². The van der Waals surface area contributed by atoms with Crippen LogP contribution in [0.3, 0.4) is 0 Å². The van der Waals surface area contributed by atoms with Gasteiger partial charge in [-0.15, -0.1) is 11.3 Å². The number of nitrogens with one attached hydrogen (secondary N) is 3. The van der Waals surface area contributed by atoms with Gasteiger partial charge < -0.3 is 15.6 Å². The highest BCUT2D eigenvalue weighted by Crippen LogP contribution is 2.30. The van der Waals surface area contributed by atoms with Gasteiger partial charge in [-0.05, 0) is 29.1 Å². The van der Waals surface area contributed by atoms with Crippen LogP contribution in [-0.4, -0.2) is 15.9 Å². The summed E-state index contributed by atoms with van der Waals surface area (Å²) in [5.74, 6) is -0.298. The SMILES string of the molecule is N#CC(NC(=O)c1ccsc1Nc1ccnc2[nH]ccc12)c1ccccc1. The average molecular weight is 373 g/mol. The van der Waals surface area contributed by atoms with Gasteiger partial charge in [-0.2, -0.15) is 5.26 Å². The number of nitrogens with zero attached hydrogens (tertiary/aromatic N) is 2. The molecule has 0 fully saturated rings. The Kier molecular flexibility index (Phi) is 4.56. The number of carbonyl (C=O) groups is 1. The summed E-state index contributed by atoms with van der Waals surface area (Å²) >= 11 is 1.43. The van der Waals surface area contributed by atoms with Crippen molar-refractivity contribution in [1.29, 1.82) is 5.26 Å². The Labute approximate surface area is 159 Å². The molecular weight excluding hydrogens is 358 g/mol. The quantitative estimate of drug-likeness (QED) is 0.484. The van der Waals surface area contributed by atoms with Crippen LogP contribution in [0.25, 0.3) is 11.0 Å². The van der Waals surface area contributed by atoms with Crippen molar-refractivity contribution in [2.45, 2.75) is 6.04 Å². The topological polar surface area (TPSA) is 93.6 Å². The number of benzene rings is 1. The molecule has 0 aliphatic carbocycles. The Hall–Kier alpha value is -3.63. The third-order valence-corrected chi connectivity index (χ3v) is 4.99. The van der Waals surface area contributed by atoms with Gasteiger partial charge in [-0.25, -0.2) is 4.98 Å². The summed E-state index contributed by atoms with van der Waals surface area (Å²) in [6.07, 6.45) is 3.53. The van der Waals surface area contributed by atoms with Gasteiger partial charge in [-0.3, -0.25) is 4.79 Å². The van der Waals surface area contributed by atoms with Gasteiger partial charge in [0.15, 0.2) is 0 Å². The van der Waals surface area contributed by atoms with Crippen molar-refractivity contribution in [2.75, 3.05) is 5.32 Å². The van der Waals surface area contributed by atoms with Gasteiger partial charge in [0, 0.05) is 17.8 Å². The number of aromatic amines is 1. The van der Waals surface area contributed by atoms with E-state index in [0.717, 1.165) is 22.3 Å². The highest BCUT2D eigenvalue weighted by molar-refractivity contribution is 7.14. The largest absolute Gasteiger partial charge is 0.346 e. The number of hydrogen-bond acceptors (Lipinski definition) is 5. The number of anilines is 2. The zero-order valence-electron chi connectivity index (χ0n) is 14.1. The molecule has 1 aromatic carbocycles. The van der Waals surface area contributed by atoms with E-state index in [4.69, 9.17) is 0 Å². The van der Waals surface area contributed by atoms with Crippen LogP contribution in [-0.2, 0) is 0 Å². The number of nitriles is 1. The standard InChI is InChI=1S/C20H15N5OS/c21-12-17(13-4-2-1-3-5-13)24-19(26)15-8-11-27-20(15)25-16-7-10-23-18-14(16)6-9-22-18/h1-11,17H,(H,24,26)(H2,22,23,25). The van der Waals surface area contributed by atoms with Crippen LogP contribution in [0.1, 0.15) is 22.0 Å². The van der Waals surface area contributed by atoms with Gasteiger partial charge in [0.1, 0.15) is 16.7 Å². The van der Waals surface area contributed by atoms with E-state index in [2.05, 4.69) is 26.7 Å². The normalized spacial score (nSPS) is 11.7. The number of fused-ring (bicyclic) bond motifs is 1. The Bertz CT molecular complexity index is 1130. The second-order valence-corrected chi connectivity index (χ2v) is 6.75. The molecule has 1 unspecified atom stereocenters. The summed E-state index contributed by atoms with van der Waals surface area (Å²) in [6.45, 7) is 0. The maximum atomic E-state index is 12.8. The zero-order valence-corrected chi connectivity index (χ0v) is 15.0. The zero-order chi connectivity index (χ0) is 18.6. The van der Waals surface area contributed by atoms with E-state index in [1.165, 1.54) is 11.3 Å². The van der Waals surface area contributed by atoms with Crippen molar-refractivity contribution in [3.63, 3.8) is 0 Å². The minimum Gasteiger partial charge on any atom is -0.346 e. The van der Waals surface area contributed by atoms with Gasteiger partial charge in [0.25, 0.3) is 5.91 Å². The van der Waals surface area contributed by atoms with Crippen LogP contribution in [0.5, 0.6) is 0 Å². The monoisotopic (exact) mass is 373 g/mol. The van der Waals surface area contributed by atoms with Crippen molar-refractivity contribution >= 4 is 39.0 Å². The second-order valence-electron chi connectivity index (χ2n) is 5.83. The fourth-order valence-electron chi connectivity index (χ4n) is 2.82. The molecule has 0 aliphatic rings. The molecule has 27 heavy (non-hydrogen) atoms. The number of carbonyl (C=O) groups excluding carboxylic acids is 1. The summed E-state index contributed by atoms with van der Waals surface area (Å²) < 4.78 is 0. The van der Waals surface area contributed by atoms with Crippen LogP contribution in [0.2, 0.25) is 0 Å². The first-order valence-corrected chi connectivity index (χ1v) is 9.16. The van der Waals surface area contributed by atoms with E-state index < -0.39 is 6.04 Å². The molecule has 4 rings (SSSR count). The third kappa shape index (κ3) is 3.38. The molecule has 7 heteroatoms. The Morgan fingerprint density at radius 1 is 1.19 bits per heavy atom. The fraction of sp³-hybridized carbons (Fsp3) is 0.0500. The molecule has 4 aromatic rings. The smallest absolute Gasteiger partial charge is 0.255 e. The molecule has 1 atom stereocenters. The van der Waals surface area contributed by atoms with E-state index in [9.17, 15) is 10.1 Å². The van der Waals surface area contributed by atoms with E-state index in [0.29, 0.717) is 10.6 Å². The number of thiophene rings is 1. The number of hydrogen-bond donors (Lipinski definition) is 3. The maximum absolute atomic E-state index is 12.8. The van der Waals surface area contributed by atoms with Gasteiger partial charge in [-0.1, -0.05) is 30.3 Å². The Morgan fingerprint density at radius 2 is 2.04 bits per heavy atom. The predicted octanol–water partition coefficient (Wildman–Crippen LogP) is 4.36. The summed E-state index contributed by atoms with van der Waals surface area (Å²) in [5, 5.41) is 19.0. The highest BCUT2D eigenvalue weighted by Gasteiger charge is 2.19. The number of rotatable bonds is 5. The molecule has 132 valence electrons. The van der Waals surface area contributed by atoms with Crippen LogP contribution < -0.4 is 10.6 Å². The van der Waals surface area contributed by atoms with Crippen LogP contribution >= 0.6 is 11.3 Å². The first-order valence-electron chi connectivity index (χ1n) is 8.28. The molecule has 3 aromatic heterocycles. The van der Waals surface area contributed by atoms with Gasteiger partial charge in [0.05, 0.1) is 17.3 Å². The van der Waals surface area contributed by atoms with Gasteiger partial charge in [0.2, 0.25) is 0 Å². The van der Waals surface area contributed by atoms with Crippen molar-refractivity contribution < 1.29 is 4.79 Å². The molecule has 0 spiro atoms. The molecule has 0 radical (unpaired) electrons. The number of amides is 1. The molecule has 3 heterocycles. The number of H-pyrrole nitrogens is 1. The van der Waals surface area contributed by atoms with Crippen molar-refractivity contribution in [3.8, 4) is 6.07 Å². The summed E-state index contributed by atoms with van der Waals surface area (Å²) in [7, 11) is 0. The molecule has 0 aliphatic heterocycles. The average Bonchev–Trinajstić information content (AvgIpc) is 3.36. The maximum Gasteiger partial charge on any atom is 0.255 e. The molecule has 0 saturated heterocycles. The molecule has 0 bridgehead atoms. The summed E-state index contributed by atoms with van der Waals surface area (Å²) in [4.78, 5) is 20.1. The predicted molar refractivity (Wildman–Crippen MR) is 106 cm³/mol. The molecule has 6 nitrogen and oxygen atoms in total. The van der Waals surface area contributed by atoms with Crippen molar-refractivity contribution in [3.05, 3.63) is 77.4 Å². The lowest BCUT2D eigenvalue weighted by Crippen LogP contribution is -2.27. The minimum absolute atomic E-state index is 0.298. The minimum atomic E-state index is -0.705. The summed E-state index contributed by atoms with van der Waals surface area (Å²) in [5.41, 5.74) is 2.88. The lowest BCUT2D eigenvalue weighted by molar-refractivity contribution is 0.0946. The van der Waals surface area contributed by atoms with Crippen LogP contribution in [0.15, 0.2) is 66.3 Å². The molecule has 0 saturated carbocycles. The van der Waals surface area contributed by atoms with Crippen molar-refractivity contribution in [1.82, 2.24) is 15.3 Å². The molecule has 1 amide bonds. The Morgan fingerprint density at radius 3 is 2.85 bits per heavy atom. The van der Waals surface area contributed by atoms with Crippen LogP contribution in [0, 0.1) is 11.3 Å². The number of pyridine rings is 1. The highest BCUT2D eigenvalue weighted by atomic mass is 32.1. The first kappa shape index (κ1) is 16.8. The first-order chi connectivity index (χ1) is 13.3. The molecular formula is C20H15N5OS. The van der Waals surface area contributed by atoms with E-state index in [-0.39, 0.29) is 5.91 Å². The summed E-state index contributed by atoms with van der Waals surface area (Å²) in [6, 6.07) is 16.2. The van der Waals surface area contributed by atoms with E-state index in [1.54, 1.807) is 12.3 Å². The number of aromatic nitrogens is 2. The van der Waals surface area contributed by atoms with E-state index >= 15 is 0 Å². The van der Waals surface area contributed by atoms with Crippen LogP contribution in [0.4, 0.5) is 10.7 Å². The Balaban J connectivity index is 1.57. The lowest BCUT2D eigenvalue weighted by Gasteiger charge is -2.13.